The van der Waals surface area contributed by atoms with Gasteiger partial charge in [-0.3, -0.25) is 14.2 Å². The van der Waals surface area contributed by atoms with E-state index in [1.165, 1.54) is 44.9 Å². The second kappa shape index (κ2) is 34.2. The zero-order chi connectivity index (χ0) is 39.5. The molecule has 0 saturated carbocycles. The highest BCUT2D eigenvalue weighted by Crippen LogP contribution is 2.38. The topological polar surface area (TPSA) is 131 Å². The summed E-state index contributed by atoms with van der Waals surface area (Å²) in [6.45, 7) is 3.92. The summed E-state index contributed by atoms with van der Waals surface area (Å²) in [7, 11) is 1.08. The van der Waals surface area contributed by atoms with E-state index < -0.39 is 38.6 Å². The van der Waals surface area contributed by atoms with Crippen LogP contribution in [0.2, 0.25) is 0 Å². The van der Waals surface area contributed by atoms with E-state index in [1.54, 1.807) is 6.08 Å². The number of carbonyl (C=O) groups is 2. The summed E-state index contributed by atoms with van der Waals surface area (Å²) in [4.78, 5) is 37.3. The lowest BCUT2D eigenvalue weighted by Crippen LogP contribution is -2.37. The summed E-state index contributed by atoms with van der Waals surface area (Å²) in [6.07, 6.45) is 35.7. The maximum Gasteiger partial charge on any atom is 0.306 e. The van der Waals surface area contributed by atoms with Crippen LogP contribution >= 0.6 is 7.82 Å². The number of phosphoric acid groups is 1. The fourth-order valence-electron chi connectivity index (χ4n) is 4.95. The van der Waals surface area contributed by atoms with E-state index in [0.717, 1.165) is 32.1 Å². The molecular formula is C42H74NO9P. The van der Waals surface area contributed by atoms with Gasteiger partial charge in [-0.25, -0.2) is 0 Å². The van der Waals surface area contributed by atoms with Gasteiger partial charge in [0.25, 0.3) is 7.82 Å². The number of carbonyl (C=O) groups excluding carboxylic acids is 2. The van der Waals surface area contributed by atoms with Gasteiger partial charge in [-0.15, -0.1) is 0 Å². The summed E-state index contributed by atoms with van der Waals surface area (Å²) < 4.78 is 33.7. The summed E-state index contributed by atoms with van der Waals surface area (Å²) in [6, 6.07) is 0. The van der Waals surface area contributed by atoms with Crippen molar-refractivity contribution in [1.29, 1.82) is 0 Å². The molecule has 0 aliphatic carbocycles. The largest absolute Gasteiger partial charge is 0.756 e. The second-order valence-electron chi connectivity index (χ2n) is 14.5. The first-order valence-corrected chi connectivity index (χ1v) is 21.6. The zero-order valence-corrected chi connectivity index (χ0v) is 34.7. The van der Waals surface area contributed by atoms with Gasteiger partial charge in [0, 0.05) is 12.8 Å². The Bertz CT molecular complexity index is 1110. The fourth-order valence-corrected chi connectivity index (χ4v) is 5.68. The van der Waals surface area contributed by atoms with Crippen LogP contribution in [-0.4, -0.2) is 81.2 Å². The minimum atomic E-state index is -4.65. The van der Waals surface area contributed by atoms with Crippen molar-refractivity contribution in [3.05, 3.63) is 60.8 Å². The van der Waals surface area contributed by atoms with E-state index in [4.69, 9.17) is 18.5 Å². The van der Waals surface area contributed by atoms with Gasteiger partial charge in [0.2, 0.25) is 0 Å². The molecule has 10 nitrogen and oxygen atoms in total. The molecule has 0 amide bonds. The smallest absolute Gasteiger partial charge is 0.306 e. The Labute approximate surface area is 322 Å². The lowest BCUT2D eigenvalue weighted by atomic mass is 10.1. The highest BCUT2D eigenvalue weighted by molar-refractivity contribution is 7.45. The number of hydrogen-bond donors (Lipinski definition) is 1. The van der Waals surface area contributed by atoms with Crippen LogP contribution in [0.15, 0.2) is 60.8 Å². The number of esters is 2. The fraction of sp³-hybridized carbons (Fsp3) is 0.714. The lowest BCUT2D eigenvalue weighted by Gasteiger charge is -2.28. The van der Waals surface area contributed by atoms with Gasteiger partial charge in [-0.1, -0.05) is 139 Å². The van der Waals surface area contributed by atoms with Crippen LogP contribution in [0.4, 0.5) is 0 Å². The Morgan fingerprint density at radius 1 is 0.717 bits per heavy atom. The number of aliphatic hydroxyl groups is 1. The van der Waals surface area contributed by atoms with Gasteiger partial charge in [-0.05, 0) is 44.9 Å². The van der Waals surface area contributed by atoms with Crippen LogP contribution in [0.5, 0.6) is 0 Å². The molecule has 0 bridgehead atoms. The summed E-state index contributed by atoms with van der Waals surface area (Å²) in [5.41, 5.74) is 0. The Morgan fingerprint density at radius 2 is 1.32 bits per heavy atom. The van der Waals surface area contributed by atoms with Crippen molar-refractivity contribution < 1.29 is 47.2 Å². The monoisotopic (exact) mass is 768 g/mol. The summed E-state index contributed by atoms with van der Waals surface area (Å²) in [5.74, 6) is -0.948. The highest BCUT2D eigenvalue weighted by Gasteiger charge is 2.21. The van der Waals surface area contributed by atoms with Gasteiger partial charge < -0.3 is 33.0 Å². The molecule has 1 N–H and O–H groups in total. The van der Waals surface area contributed by atoms with E-state index in [-0.39, 0.29) is 26.1 Å². The molecule has 3 unspecified atom stereocenters. The molecule has 0 spiro atoms. The quantitative estimate of drug-likeness (QED) is 0.0167. The number of hydrogen-bond acceptors (Lipinski definition) is 9. The lowest BCUT2D eigenvalue weighted by molar-refractivity contribution is -0.870. The standard InChI is InChI=1S/C42H74NO9P/c1-6-8-10-12-14-15-16-17-21-25-29-33-41(45)49-37-40(38-51-53(47,48)50-36-35-43(3,4)5)52-42(46)34-30-26-22-19-18-20-24-28-32-39(44)31-27-23-13-11-9-7-2/h9,11,19-20,22-24,27-28,32,39-40,44H,6-8,10,12-18,21,25-26,29-31,33-38H2,1-5H3/b11-9-,22-19-,24-20-,27-23-,32-28+. The number of ether oxygens (including phenoxy) is 2. The predicted molar refractivity (Wildman–Crippen MR) is 214 cm³/mol. The van der Waals surface area contributed by atoms with Gasteiger partial charge in [0.05, 0.1) is 33.9 Å². The number of rotatable bonds is 35. The molecule has 0 aliphatic rings. The molecule has 0 heterocycles. The van der Waals surface area contributed by atoms with Crippen LogP contribution in [0, 0.1) is 0 Å². The molecule has 0 rings (SSSR count). The average molecular weight is 768 g/mol. The zero-order valence-electron chi connectivity index (χ0n) is 33.8. The molecular weight excluding hydrogens is 693 g/mol. The SMILES string of the molecule is CC/C=C\C/C=C\CC(O)/C=C/C=C\C/C=C\CCCC(=O)OC(COC(=O)CCCCCCCCCCCCC)COP(=O)([O-])OCC[N+](C)(C)C. The first-order valence-electron chi connectivity index (χ1n) is 20.1. The third kappa shape index (κ3) is 37.8. The number of likely N-dealkylation sites (N-methyl/N-ethyl adjacent to an activating group) is 1. The van der Waals surface area contributed by atoms with Crippen molar-refractivity contribution in [2.24, 2.45) is 0 Å². The maximum atomic E-state index is 12.6. The average Bonchev–Trinajstić information content (AvgIpc) is 3.10. The van der Waals surface area contributed by atoms with Crippen LogP contribution in [-0.2, 0) is 32.7 Å². The Balaban J connectivity index is 4.60. The molecule has 0 aromatic heterocycles. The van der Waals surface area contributed by atoms with E-state index in [1.807, 2.05) is 63.7 Å². The molecule has 0 aromatic carbocycles. The Hall–Kier alpha value is -2.33. The minimum Gasteiger partial charge on any atom is -0.756 e. The number of phosphoric ester groups is 1. The molecule has 3 atom stereocenters. The van der Waals surface area contributed by atoms with Gasteiger partial charge in [-0.2, -0.15) is 0 Å². The van der Waals surface area contributed by atoms with Crippen LogP contribution in [0.25, 0.3) is 0 Å². The van der Waals surface area contributed by atoms with Crippen molar-refractivity contribution >= 4 is 19.8 Å². The molecule has 0 fully saturated rings. The molecule has 0 radical (unpaired) electrons. The van der Waals surface area contributed by atoms with Crippen molar-refractivity contribution in [3.8, 4) is 0 Å². The maximum absolute atomic E-state index is 12.6. The minimum absolute atomic E-state index is 0.0543. The molecule has 0 saturated heterocycles. The highest BCUT2D eigenvalue weighted by atomic mass is 31.2. The first-order chi connectivity index (χ1) is 25.4. The summed E-state index contributed by atoms with van der Waals surface area (Å²) in [5, 5.41) is 10.0. The number of allylic oxidation sites excluding steroid dienone is 8. The number of nitrogens with zero attached hydrogens (tertiary/aromatic N) is 1. The van der Waals surface area contributed by atoms with Crippen molar-refractivity contribution in [1.82, 2.24) is 0 Å². The third-order valence-corrected chi connectivity index (χ3v) is 9.10. The second-order valence-corrected chi connectivity index (χ2v) is 15.9. The first kappa shape index (κ1) is 50.7. The molecule has 306 valence electrons. The van der Waals surface area contributed by atoms with Crippen molar-refractivity contribution in [2.75, 3.05) is 47.5 Å². The van der Waals surface area contributed by atoms with Crippen LogP contribution in [0.3, 0.4) is 0 Å². The molecule has 53 heavy (non-hydrogen) atoms. The van der Waals surface area contributed by atoms with Gasteiger partial charge in [0.15, 0.2) is 6.10 Å². The van der Waals surface area contributed by atoms with Crippen molar-refractivity contribution in [2.45, 2.75) is 148 Å². The van der Waals surface area contributed by atoms with Gasteiger partial charge >= 0.3 is 11.9 Å². The van der Waals surface area contributed by atoms with E-state index in [2.05, 4.69) is 26.0 Å². The Morgan fingerprint density at radius 3 is 1.98 bits per heavy atom. The van der Waals surface area contributed by atoms with Gasteiger partial charge in [0.1, 0.15) is 19.8 Å². The molecule has 11 heteroatoms. The van der Waals surface area contributed by atoms with E-state index in [9.17, 15) is 24.2 Å². The predicted octanol–water partition coefficient (Wildman–Crippen LogP) is 9.24. The third-order valence-electron chi connectivity index (χ3n) is 8.13. The van der Waals surface area contributed by atoms with Crippen LogP contribution < -0.4 is 4.89 Å². The van der Waals surface area contributed by atoms with E-state index >= 15 is 0 Å². The summed E-state index contributed by atoms with van der Waals surface area (Å²) >= 11 is 0. The molecule has 0 aliphatic heterocycles. The number of aliphatic hydroxyl groups excluding tert-OH is 1. The number of quaternary nitrogens is 1. The van der Waals surface area contributed by atoms with E-state index in [0.29, 0.717) is 43.1 Å². The number of unbranched alkanes of at least 4 members (excludes halogenated alkanes) is 11. The van der Waals surface area contributed by atoms with Crippen LogP contribution in [0.1, 0.15) is 136 Å². The normalized spacial score (nSPS) is 14.9. The molecule has 0 aromatic rings. The Kier molecular flexibility index (Phi) is 32.7. The van der Waals surface area contributed by atoms with Crippen molar-refractivity contribution in [3.63, 3.8) is 0 Å².